The fourth-order valence-electron chi connectivity index (χ4n) is 8.74. The Kier molecular flexibility index (Phi) is 19.0. The number of hydrogen-bond acceptors (Lipinski definition) is 14. The number of hydrogen-bond donors (Lipinski definition) is 8. The van der Waals surface area contributed by atoms with Crippen LogP contribution in [0.5, 0.6) is 0 Å². The van der Waals surface area contributed by atoms with Gasteiger partial charge in [-0.15, -0.1) is 0 Å². The van der Waals surface area contributed by atoms with Gasteiger partial charge >= 0.3 is 5.97 Å². The number of nitrogens with one attached hydrogen (secondary N) is 2. The van der Waals surface area contributed by atoms with Gasteiger partial charge in [-0.1, -0.05) is 58.8 Å². The molecule has 0 spiro atoms. The van der Waals surface area contributed by atoms with E-state index < -0.39 is 104 Å². The first-order chi connectivity index (χ1) is 27.2. The Morgan fingerprint density at radius 1 is 0.842 bits per heavy atom. The van der Waals surface area contributed by atoms with Gasteiger partial charge in [0.1, 0.15) is 48.4 Å². The van der Waals surface area contributed by atoms with Gasteiger partial charge < -0.3 is 65.0 Å². The number of ketones is 1. The van der Waals surface area contributed by atoms with Gasteiger partial charge in [0.05, 0.1) is 24.9 Å². The molecule has 15 atom stereocenters. The van der Waals surface area contributed by atoms with Crippen molar-refractivity contribution in [2.24, 2.45) is 17.8 Å². The van der Waals surface area contributed by atoms with E-state index in [1.165, 1.54) is 13.8 Å². The average molecular weight is 817 g/mol. The minimum absolute atomic E-state index is 0.0655. The smallest absolute Gasteiger partial charge is 0.332 e. The number of carboxylic acid groups (broad SMARTS) is 1. The Hall–Kier alpha value is -2.32. The molecule has 57 heavy (non-hydrogen) atoms. The first-order valence-electron chi connectivity index (χ1n) is 21.1. The maximum absolute atomic E-state index is 13.8. The van der Waals surface area contributed by atoms with Crippen LogP contribution in [0.2, 0.25) is 0 Å². The van der Waals surface area contributed by atoms with Gasteiger partial charge in [0.15, 0.2) is 18.7 Å². The van der Waals surface area contributed by atoms with Crippen LogP contribution < -0.4 is 10.6 Å². The number of aliphatic carboxylic acids is 1. The van der Waals surface area contributed by atoms with Crippen molar-refractivity contribution in [2.75, 3.05) is 13.2 Å². The second-order valence-corrected chi connectivity index (χ2v) is 16.4. The summed E-state index contributed by atoms with van der Waals surface area (Å²) in [5, 5.41) is 69.4. The monoisotopic (exact) mass is 816 g/mol. The Morgan fingerprint density at radius 2 is 1.56 bits per heavy atom. The van der Waals surface area contributed by atoms with Crippen LogP contribution in [-0.4, -0.2) is 147 Å². The fourth-order valence-corrected chi connectivity index (χ4v) is 8.74. The predicted molar refractivity (Wildman–Crippen MR) is 202 cm³/mol. The second kappa shape index (κ2) is 22.9. The number of rotatable bonds is 20. The van der Waals surface area contributed by atoms with Crippen molar-refractivity contribution in [1.82, 2.24) is 10.6 Å². The van der Waals surface area contributed by atoms with Crippen molar-refractivity contribution in [1.29, 1.82) is 0 Å². The second-order valence-electron chi connectivity index (χ2n) is 16.4. The summed E-state index contributed by atoms with van der Waals surface area (Å²) >= 11 is 0. The number of unbranched alkanes of at least 4 members (excludes halogenated alkanes) is 1. The van der Waals surface area contributed by atoms with Gasteiger partial charge in [-0.05, 0) is 50.9 Å². The fraction of sp³-hybridized carbons (Fsp3) is 0.900. The highest BCUT2D eigenvalue weighted by atomic mass is 16.7. The molecule has 0 aromatic rings. The lowest BCUT2D eigenvalue weighted by Crippen LogP contribution is -2.67. The molecule has 17 nitrogen and oxygen atoms in total. The molecule has 2 amide bonds. The highest BCUT2D eigenvalue weighted by molar-refractivity contribution is 5.81. The minimum Gasteiger partial charge on any atom is -0.479 e. The molecule has 2 aliphatic carbocycles. The molecule has 6 unspecified atom stereocenters. The van der Waals surface area contributed by atoms with Gasteiger partial charge in [0.2, 0.25) is 11.8 Å². The van der Waals surface area contributed by atoms with Crippen LogP contribution in [0.3, 0.4) is 0 Å². The molecular formula is C40H68N2O15. The molecule has 2 heterocycles. The summed E-state index contributed by atoms with van der Waals surface area (Å²) in [4.78, 5) is 51.1. The van der Waals surface area contributed by atoms with E-state index >= 15 is 0 Å². The van der Waals surface area contributed by atoms with Gasteiger partial charge in [-0.2, -0.15) is 0 Å². The number of Topliss-reactive ketones (excluding diaryl/α,β-unsaturated/α-hetero) is 1. The van der Waals surface area contributed by atoms with E-state index in [-0.39, 0.29) is 42.8 Å². The van der Waals surface area contributed by atoms with Gasteiger partial charge in [0.25, 0.3) is 0 Å². The van der Waals surface area contributed by atoms with Crippen LogP contribution in [0.1, 0.15) is 118 Å². The lowest BCUT2D eigenvalue weighted by Gasteiger charge is -2.49. The van der Waals surface area contributed by atoms with E-state index in [9.17, 15) is 49.8 Å². The molecule has 2 saturated heterocycles. The number of carboxylic acids is 1. The zero-order valence-electron chi connectivity index (χ0n) is 33.9. The number of aliphatic hydroxyl groups is 5. The lowest BCUT2D eigenvalue weighted by molar-refractivity contribution is -0.338. The van der Waals surface area contributed by atoms with Crippen molar-refractivity contribution >= 4 is 23.6 Å². The lowest BCUT2D eigenvalue weighted by atomic mass is 9.74. The van der Waals surface area contributed by atoms with Gasteiger partial charge in [-0.25, -0.2) is 4.79 Å². The van der Waals surface area contributed by atoms with Gasteiger partial charge in [0, 0.05) is 32.2 Å². The Balaban J connectivity index is 1.62. The maximum Gasteiger partial charge on any atom is 0.332 e. The molecule has 0 aromatic heterocycles. The SMILES string of the molecule is CCCCC(=O)NCCCC(=O)C1CC(CC)[C@@H](O[C@@H]2OC(C)[C@@H](O)[C@H](O)C2O)[C@H](O[C@@H]2O[C@@H](CO)[C@H](O)C(O[C@@H](CC3CCCCC3)C(=O)O)C2NC(C)=O)C1. The van der Waals surface area contributed by atoms with Crippen LogP contribution in [0.15, 0.2) is 0 Å². The van der Waals surface area contributed by atoms with Crippen molar-refractivity contribution < 1.29 is 73.5 Å². The van der Waals surface area contributed by atoms with E-state index in [0.29, 0.717) is 32.2 Å². The molecule has 2 saturated carbocycles. The number of carbonyl (C=O) groups is 4. The van der Waals surface area contributed by atoms with E-state index in [0.717, 1.165) is 44.9 Å². The number of aliphatic hydroxyl groups excluding tert-OH is 5. The zero-order valence-corrected chi connectivity index (χ0v) is 33.9. The molecule has 4 fully saturated rings. The van der Waals surface area contributed by atoms with Gasteiger partial charge in [-0.3, -0.25) is 14.4 Å². The third-order valence-electron chi connectivity index (χ3n) is 12.1. The van der Waals surface area contributed by atoms with Crippen LogP contribution in [0, 0.1) is 17.8 Å². The van der Waals surface area contributed by atoms with Crippen molar-refractivity contribution in [3.05, 3.63) is 0 Å². The van der Waals surface area contributed by atoms with E-state index in [4.69, 9.17) is 23.7 Å². The number of carbonyl (C=O) groups excluding carboxylic acids is 3. The molecule has 0 bridgehead atoms. The van der Waals surface area contributed by atoms with Crippen LogP contribution >= 0.6 is 0 Å². The third kappa shape index (κ3) is 13.1. The van der Waals surface area contributed by atoms with Crippen LogP contribution in [0.4, 0.5) is 0 Å². The Morgan fingerprint density at radius 3 is 2.19 bits per heavy atom. The first-order valence-corrected chi connectivity index (χ1v) is 21.1. The topological polar surface area (TPSA) is 260 Å². The summed E-state index contributed by atoms with van der Waals surface area (Å²) in [6.07, 6.45) is -7.37. The minimum atomic E-state index is -1.64. The molecule has 0 aromatic carbocycles. The molecule has 328 valence electrons. The molecule has 4 aliphatic rings. The van der Waals surface area contributed by atoms with Crippen LogP contribution in [0.25, 0.3) is 0 Å². The predicted octanol–water partition coefficient (Wildman–Crippen LogP) is 1.07. The largest absolute Gasteiger partial charge is 0.479 e. The number of ether oxygens (including phenoxy) is 5. The highest BCUT2D eigenvalue weighted by Crippen LogP contribution is 2.40. The normalized spacial score (nSPS) is 36.9. The third-order valence-corrected chi connectivity index (χ3v) is 12.1. The summed E-state index contributed by atoms with van der Waals surface area (Å²) < 4.78 is 31.1. The standard InChI is InChI=1S/C40H68N2O15/c1-5-7-15-30(46)41-16-11-14-26(45)25-18-24(6-2)36(57-40-35(50)34(49)32(47)21(3)53-40)27(19-25)55-39-31(42-22(4)44)37(33(48)29(20-43)56-39)54-28(38(51)52)17-23-12-9-8-10-13-23/h21,23-25,27-29,31-37,39-40,43,47-50H,5-20H2,1-4H3,(H,41,46)(H,42,44)(H,51,52)/t21?,24?,25?,27-,28+,29+,31?,32-,33+,34+,35?,36-,37?,39-,40+/m1/s1. The summed E-state index contributed by atoms with van der Waals surface area (Å²) in [7, 11) is 0. The highest BCUT2D eigenvalue weighted by Gasteiger charge is 2.52. The van der Waals surface area contributed by atoms with E-state index in [1.807, 2.05) is 13.8 Å². The van der Waals surface area contributed by atoms with Crippen molar-refractivity contribution in [3.8, 4) is 0 Å². The van der Waals surface area contributed by atoms with Crippen LogP contribution in [-0.2, 0) is 42.9 Å². The summed E-state index contributed by atoms with van der Waals surface area (Å²) in [6, 6.07) is -1.28. The molecular weight excluding hydrogens is 748 g/mol. The summed E-state index contributed by atoms with van der Waals surface area (Å²) in [5.41, 5.74) is 0. The molecule has 8 N–H and O–H groups in total. The maximum atomic E-state index is 13.8. The van der Waals surface area contributed by atoms with Crippen molar-refractivity contribution in [2.45, 2.75) is 197 Å². The Labute approximate surface area is 335 Å². The molecule has 0 radical (unpaired) electrons. The first kappa shape index (κ1) is 47.4. The summed E-state index contributed by atoms with van der Waals surface area (Å²) in [5.74, 6) is -2.75. The zero-order chi connectivity index (χ0) is 41.8. The molecule has 17 heteroatoms. The molecule has 2 aliphatic heterocycles. The van der Waals surface area contributed by atoms with Crippen molar-refractivity contribution in [3.63, 3.8) is 0 Å². The summed E-state index contributed by atoms with van der Waals surface area (Å²) in [6.45, 7) is 6.29. The average Bonchev–Trinajstić information content (AvgIpc) is 3.19. The quantitative estimate of drug-likeness (QED) is 0.0800. The Bertz CT molecular complexity index is 1290. The number of amides is 2. The van der Waals surface area contributed by atoms with E-state index in [2.05, 4.69) is 10.6 Å². The van der Waals surface area contributed by atoms with E-state index in [1.54, 1.807) is 0 Å². The molecule has 4 rings (SSSR count).